The fraction of sp³-hybridized carbons (Fsp3) is 0.273. The maximum atomic E-state index is 6.15. The highest BCUT2D eigenvalue weighted by Crippen LogP contribution is 2.29. The normalized spacial score (nSPS) is 12.3. The lowest BCUT2D eigenvalue weighted by atomic mass is 10.0. The second-order valence-electron chi connectivity index (χ2n) is 6.37. The fourth-order valence-corrected chi connectivity index (χ4v) is 2.92. The minimum absolute atomic E-state index is 0.475. The van der Waals surface area contributed by atoms with Crippen molar-refractivity contribution < 1.29 is 4.74 Å². The van der Waals surface area contributed by atoms with E-state index in [1.165, 1.54) is 16.3 Å². The number of hydrogen-bond donors (Lipinski definition) is 1. The van der Waals surface area contributed by atoms with E-state index in [-0.39, 0.29) is 0 Å². The van der Waals surface area contributed by atoms with Crippen LogP contribution >= 0.6 is 11.6 Å². The number of hydrogen-bond acceptors (Lipinski definition) is 2. The van der Waals surface area contributed by atoms with Gasteiger partial charge in [-0.1, -0.05) is 61.0 Å². The molecule has 0 aliphatic heterocycles. The van der Waals surface area contributed by atoms with Crippen molar-refractivity contribution in [1.29, 1.82) is 0 Å². The van der Waals surface area contributed by atoms with Gasteiger partial charge in [0.1, 0.15) is 12.4 Å². The molecule has 0 aliphatic rings. The summed E-state index contributed by atoms with van der Waals surface area (Å²) in [5.41, 5.74) is 2.32. The Bertz CT molecular complexity index is 829. The molecule has 0 unspecified atom stereocenters. The van der Waals surface area contributed by atoms with E-state index in [0.717, 1.165) is 29.3 Å². The third kappa shape index (κ3) is 4.53. The Morgan fingerprint density at radius 2 is 1.76 bits per heavy atom. The van der Waals surface area contributed by atoms with Crippen molar-refractivity contribution in [3.63, 3.8) is 0 Å². The van der Waals surface area contributed by atoms with Crippen molar-refractivity contribution in [2.45, 2.75) is 39.5 Å². The SMILES string of the molecule is CC[C@H](C)NCc1c(OCc2ccc(Cl)cc2)ccc2ccccc12. The van der Waals surface area contributed by atoms with Crippen molar-refractivity contribution in [3.8, 4) is 5.75 Å². The molecule has 0 fully saturated rings. The molecule has 0 saturated carbocycles. The van der Waals surface area contributed by atoms with Gasteiger partial charge in [0.15, 0.2) is 0 Å². The van der Waals surface area contributed by atoms with Crippen LogP contribution in [-0.4, -0.2) is 6.04 Å². The second-order valence-corrected chi connectivity index (χ2v) is 6.81. The maximum Gasteiger partial charge on any atom is 0.124 e. The van der Waals surface area contributed by atoms with Gasteiger partial charge in [0, 0.05) is 23.2 Å². The molecule has 3 aromatic rings. The number of nitrogens with one attached hydrogen (secondary N) is 1. The predicted molar refractivity (Wildman–Crippen MR) is 106 cm³/mol. The fourth-order valence-electron chi connectivity index (χ4n) is 2.80. The van der Waals surface area contributed by atoms with Gasteiger partial charge in [-0.2, -0.15) is 0 Å². The number of fused-ring (bicyclic) bond motifs is 1. The molecule has 0 amide bonds. The number of benzene rings is 3. The molecular formula is C22H24ClNO. The van der Waals surface area contributed by atoms with Gasteiger partial charge in [0.2, 0.25) is 0 Å². The summed E-state index contributed by atoms with van der Waals surface area (Å²) >= 11 is 5.95. The summed E-state index contributed by atoms with van der Waals surface area (Å²) in [5, 5.41) is 6.81. The van der Waals surface area contributed by atoms with Crippen LogP contribution in [-0.2, 0) is 13.2 Å². The molecule has 130 valence electrons. The van der Waals surface area contributed by atoms with Gasteiger partial charge in [0.05, 0.1) is 0 Å². The third-order valence-corrected chi connectivity index (χ3v) is 4.80. The molecule has 1 atom stereocenters. The van der Waals surface area contributed by atoms with Crippen molar-refractivity contribution in [2.24, 2.45) is 0 Å². The summed E-state index contributed by atoms with van der Waals surface area (Å²) in [5.74, 6) is 0.935. The first kappa shape index (κ1) is 17.8. The monoisotopic (exact) mass is 353 g/mol. The van der Waals surface area contributed by atoms with Crippen LogP contribution in [0, 0.1) is 0 Å². The van der Waals surface area contributed by atoms with Crippen LogP contribution < -0.4 is 10.1 Å². The molecule has 0 spiro atoms. The van der Waals surface area contributed by atoms with Gasteiger partial charge in [0.25, 0.3) is 0 Å². The molecule has 3 aromatic carbocycles. The van der Waals surface area contributed by atoms with Crippen molar-refractivity contribution in [1.82, 2.24) is 5.32 Å². The lowest BCUT2D eigenvalue weighted by Crippen LogP contribution is -2.24. The lowest BCUT2D eigenvalue weighted by molar-refractivity contribution is 0.302. The summed E-state index contributed by atoms with van der Waals surface area (Å²) in [6, 6.07) is 20.9. The first-order valence-corrected chi connectivity index (χ1v) is 9.16. The largest absolute Gasteiger partial charge is 0.489 e. The van der Waals surface area contributed by atoms with Gasteiger partial charge in [-0.05, 0) is 47.9 Å². The van der Waals surface area contributed by atoms with E-state index in [1.807, 2.05) is 24.3 Å². The summed E-state index contributed by atoms with van der Waals surface area (Å²) in [4.78, 5) is 0. The van der Waals surface area contributed by atoms with Crippen molar-refractivity contribution >= 4 is 22.4 Å². The highest BCUT2D eigenvalue weighted by atomic mass is 35.5. The smallest absolute Gasteiger partial charge is 0.124 e. The van der Waals surface area contributed by atoms with Gasteiger partial charge >= 0.3 is 0 Å². The zero-order valence-electron chi connectivity index (χ0n) is 14.8. The first-order valence-electron chi connectivity index (χ1n) is 8.78. The Labute approximate surface area is 154 Å². The zero-order chi connectivity index (χ0) is 17.6. The van der Waals surface area contributed by atoms with Crippen LogP contribution in [0.15, 0.2) is 60.7 Å². The first-order chi connectivity index (χ1) is 12.2. The van der Waals surface area contributed by atoms with Crippen LogP contribution in [0.2, 0.25) is 5.02 Å². The number of halogens is 1. The molecule has 0 saturated heterocycles. The predicted octanol–water partition coefficient (Wildman–Crippen LogP) is 5.96. The molecule has 3 heteroatoms. The van der Waals surface area contributed by atoms with E-state index in [0.29, 0.717) is 12.6 Å². The molecule has 2 nitrogen and oxygen atoms in total. The zero-order valence-corrected chi connectivity index (χ0v) is 15.5. The minimum Gasteiger partial charge on any atom is -0.489 e. The molecule has 0 radical (unpaired) electrons. The van der Waals surface area contributed by atoms with Gasteiger partial charge in [-0.3, -0.25) is 0 Å². The van der Waals surface area contributed by atoms with E-state index in [1.54, 1.807) is 0 Å². The van der Waals surface area contributed by atoms with E-state index in [2.05, 4.69) is 55.6 Å². The highest BCUT2D eigenvalue weighted by Gasteiger charge is 2.10. The van der Waals surface area contributed by atoms with Crippen LogP contribution in [0.4, 0.5) is 0 Å². The number of ether oxygens (including phenoxy) is 1. The summed E-state index contributed by atoms with van der Waals surface area (Å²) < 4.78 is 6.15. The van der Waals surface area contributed by atoms with Crippen molar-refractivity contribution in [3.05, 3.63) is 76.8 Å². The van der Waals surface area contributed by atoms with Gasteiger partial charge < -0.3 is 10.1 Å². The van der Waals surface area contributed by atoms with Crippen LogP contribution in [0.1, 0.15) is 31.4 Å². The van der Waals surface area contributed by atoms with Crippen LogP contribution in [0.25, 0.3) is 10.8 Å². The second kappa shape index (κ2) is 8.37. The summed E-state index contributed by atoms with van der Waals surface area (Å²) in [6.45, 7) is 5.73. The van der Waals surface area contributed by atoms with Gasteiger partial charge in [-0.15, -0.1) is 0 Å². The van der Waals surface area contributed by atoms with E-state index < -0.39 is 0 Å². The molecular weight excluding hydrogens is 330 g/mol. The molecule has 1 N–H and O–H groups in total. The quantitative estimate of drug-likeness (QED) is 0.565. The maximum absolute atomic E-state index is 6.15. The summed E-state index contributed by atoms with van der Waals surface area (Å²) in [6.07, 6.45) is 1.10. The Morgan fingerprint density at radius 3 is 2.52 bits per heavy atom. The van der Waals surface area contributed by atoms with Crippen LogP contribution in [0.5, 0.6) is 5.75 Å². The highest BCUT2D eigenvalue weighted by molar-refractivity contribution is 6.30. The van der Waals surface area contributed by atoms with E-state index in [4.69, 9.17) is 16.3 Å². The Balaban J connectivity index is 1.86. The standard InChI is InChI=1S/C22H24ClNO/c1-3-16(2)24-14-21-20-7-5-4-6-18(20)10-13-22(21)25-15-17-8-11-19(23)12-9-17/h4-13,16,24H,3,14-15H2,1-2H3/t16-/m0/s1. The van der Waals surface area contributed by atoms with E-state index >= 15 is 0 Å². The topological polar surface area (TPSA) is 21.3 Å². The van der Waals surface area contributed by atoms with Gasteiger partial charge in [-0.25, -0.2) is 0 Å². The molecule has 0 aromatic heterocycles. The molecule has 0 heterocycles. The number of rotatable bonds is 7. The average molecular weight is 354 g/mol. The molecule has 25 heavy (non-hydrogen) atoms. The Kier molecular flexibility index (Phi) is 5.95. The Morgan fingerprint density at radius 1 is 1.00 bits per heavy atom. The molecule has 3 rings (SSSR count). The molecule has 0 bridgehead atoms. The average Bonchev–Trinajstić information content (AvgIpc) is 2.65. The Hall–Kier alpha value is -2.03. The van der Waals surface area contributed by atoms with Crippen molar-refractivity contribution in [2.75, 3.05) is 0 Å². The molecule has 0 aliphatic carbocycles. The summed E-state index contributed by atoms with van der Waals surface area (Å²) in [7, 11) is 0. The van der Waals surface area contributed by atoms with E-state index in [9.17, 15) is 0 Å². The lowest BCUT2D eigenvalue weighted by Gasteiger charge is -2.17. The minimum atomic E-state index is 0.475. The van der Waals surface area contributed by atoms with Crippen LogP contribution in [0.3, 0.4) is 0 Å². The third-order valence-electron chi connectivity index (χ3n) is 4.54.